The van der Waals surface area contributed by atoms with Crippen LogP contribution in [0, 0.1) is 5.92 Å². The van der Waals surface area contributed by atoms with Crippen LogP contribution in [0.3, 0.4) is 0 Å². The van der Waals surface area contributed by atoms with Crippen LogP contribution in [0.2, 0.25) is 0 Å². The second kappa shape index (κ2) is 6.10. The quantitative estimate of drug-likeness (QED) is 0.869. The number of hydrogen-bond acceptors (Lipinski definition) is 3. The molecule has 1 atom stereocenters. The summed E-state index contributed by atoms with van der Waals surface area (Å²) < 4.78 is 11.2. The summed E-state index contributed by atoms with van der Waals surface area (Å²) in [5, 5.41) is 3.43. The van der Waals surface area contributed by atoms with Crippen LogP contribution in [-0.2, 0) is 0 Å². The molecule has 0 spiro atoms. The molecule has 1 unspecified atom stereocenters. The number of rotatable bonds is 5. The monoisotopic (exact) mass is 249 g/mol. The van der Waals surface area contributed by atoms with Gasteiger partial charge in [0, 0.05) is 6.04 Å². The Balaban J connectivity index is 2.25. The molecule has 1 aliphatic rings. The van der Waals surface area contributed by atoms with E-state index in [1.54, 1.807) is 0 Å². The first-order valence-corrected chi connectivity index (χ1v) is 6.87. The van der Waals surface area contributed by atoms with Crippen molar-refractivity contribution in [2.75, 3.05) is 20.3 Å². The van der Waals surface area contributed by atoms with E-state index in [9.17, 15) is 0 Å². The summed E-state index contributed by atoms with van der Waals surface area (Å²) >= 11 is 0. The van der Waals surface area contributed by atoms with Gasteiger partial charge in [-0.15, -0.1) is 0 Å². The lowest BCUT2D eigenvalue weighted by Gasteiger charge is -2.27. The first-order valence-electron chi connectivity index (χ1n) is 6.87. The van der Waals surface area contributed by atoms with Crippen molar-refractivity contribution >= 4 is 0 Å². The molecule has 0 saturated carbocycles. The van der Waals surface area contributed by atoms with E-state index < -0.39 is 0 Å². The van der Waals surface area contributed by atoms with Gasteiger partial charge in [0.2, 0.25) is 0 Å². The Morgan fingerprint density at radius 2 is 1.78 bits per heavy atom. The summed E-state index contributed by atoms with van der Waals surface area (Å²) in [6.07, 6.45) is 2.35. The van der Waals surface area contributed by atoms with Gasteiger partial charge in [-0.3, -0.25) is 0 Å². The largest absolute Gasteiger partial charge is 0.486 e. The Hall–Kier alpha value is -1.22. The van der Waals surface area contributed by atoms with Crippen LogP contribution >= 0.6 is 0 Å². The van der Waals surface area contributed by atoms with E-state index in [1.807, 2.05) is 13.1 Å². The zero-order chi connectivity index (χ0) is 13.0. The molecule has 3 heteroatoms. The maximum Gasteiger partial charge on any atom is 0.161 e. The Kier molecular flexibility index (Phi) is 4.48. The van der Waals surface area contributed by atoms with E-state index in [0.29, 0.717) is 25.2 Å². The number of hydrogen-bond donors (Lipinski definition) is 1. The lowest BCUT2D eigenvalue weighted by Crippen LogP contribution is -2.25. The van der Waals surface area contributed by atoms with Crippen molar-refractivity contribution in [3.05, 3.63) is 23.8 Å². The fourth-order valence-corrected chi connectivity index (χ4v) is 2.69. The van der Waals surface area contributed by atoms with Crippen molar-refractivity contribution < 1.29 is 9.47 Å². The van der Waals surface area contributed by atoms with Gasteiger partial charge in [0.05, 0.1) is 0 Å². The van der Waals surface area contributed by atoms with E-state index in [2.05, 4.69) is 31.3 Å². The molecule has 0 amide bonds. The van der Waals surface area contributed by atoms with Crippen LogP contribution in [0.5, 0.6) is 11.5 Å². The second-order valence-corrected chi connectivity index (χ2v) is 4.75. The highest BCUT2D eigenvalue weighted by Gasteiger charge is 2.21. The molecule has 0 aliphatic carbocycles. The molecular formula is C15H23NO2. The van der Waals surface area contributed by atoms with Gasteiger partial charge in [-0.25, -0.2) is 0 Å². The molecule has 0 fully saturated rings. The fraction of sp³-hybridized carbons (Fsp3) is 0.600. The van der Waals surface area contributed by atoms with Crippen molar-refractivity contribution in [3.63, 3.8) is 0 Å². The third-order valence-corrected chi connectivity index (χ3v) is 3.76. The van der Waals surface area contributed by atoms with Crippen LogP contribution in [-0.4, -0.2) is 20.3 Å². The molecule has 18 heavy (non-hydrogen) atoms. The van der Waals surface area contributed by atoms with E-state index in [1.165, 1.54) is 18.4 Å². The lowest BCUT2D eigenvalue weighted by molar-refractivity contribution is 0.171. The fourth-order valence-electron chi connectivity index (χ4n) is 2.69. The summed E-state index contributed by atoms with van der Waals surface area (Å²) in [5.41, 5.74) is 1.29. The van der Waals surface area contributed by atoms with Crippen LogP contribution in [0.25, 0.3) is 0 Å². The molecule has 1 heterocycles. The molecule has 3 nitrogen and oxygen atoms in total. The van der Waals surface area contributed by atoms with Crippen LogP contribution in [0.1, 0.15) is 38.3 Å². The summed E-state index contributed by atoms with van der Waals surface area (Å²) in [4.78, 5) is 0. The predicted molar refractivity (Wildman–Crippen MR) is 73.3 cm³/mol. The van der Waals surface area contributed by atoms with Crippen molar-refractivity contribution in [1.29, 1.82) is 0 Å². The number of ether oxygens (including phenoxy) is 2. The van der Waals surface area contributed by atoms with E-state index >= 15 is 0 Å². The van der Waals surface area contributed by atoms with Gasteiger partial charge in [0.15, 0.2) is 11.5 Å². The number of nitrogens with one attached hydrogen (secondary N) is 1. The number of benzene rings is 1. The molecular weight excluding hydrogens is 226 g/mol. The van der Waals surface area contributed by atoms with E-state index in [-0.39, 0.29) is 0 Å². The zero-order valence-corrected chi connectivity index (χ0v) is 11.5. The molecule has 1 N–H and O–H groups in total. The molecule has 1 aliphatic heterocycles. The van der Waals surface area contributed by atoms with E-state index in [4.69, 9.17) is 9.47 Å². The Morgan fingerprint density at radius 1 is 1.11 bits per heavy atom. The van der Waals surface area contributed by atoms with Gasteiger partial charge < -0.3 is 14.8 Å². The summed E-state index contributed by atoms with van der Waals surface area (Å²) in [6, 6.07) is 6.67. The Bertz CT molecular complexity index is 388. The van der Waals surface area contributed by atoms with Crippen LogP contribution < -0.4 is 14.8 Å². The van der Waals surface area contributed by atoms with Crippen molar-refractivity contribution in [2.45, 2.75) is 32.7 Å². The minimum Gasteiger partial charge on any atom is -0.486 e. The summed E-state index contributed by atoms with van der Waals surface area (Å²) in [7, 11) is 2.03. The average molecular weight is 249 g/mol. The van der Waals surface area contributed by atoms with Crippen LogP contribution in [0.15, 0.2) is 18.2 Å². The summed E-state index contributed by atoms with van der Waals surface area (Å²) in [5.74, 6) is 2.40. The zero-order valence-electron chi connectivity index (χ0n) is 11.5. The topological polar surface area (TPSA) is 30.5 Å². The van der Waals surface area contributed by atoms with Gasteiger partial charge in [-0.05, 0) is 30.7 Å². The number of fused-ring (bicyclic) bond motifs is 1. The minimum absolute atomic E-state index is 0.385. The molecule has 1 aromatic rings. The first kappa shape index (κ1) is 13.2. The maximum atomic E-state index is 5.65. The van der Waals surface area contributed by atoms with Gasteiger partial charge >= 0.3 is 0 Å². The molecule has 2 rings (SSSR count). The molecule has 0 saturated heterocycles. The van der Waals surface area contributed by atoms with E-state index in [0.717, 1.165) is 11.5 Å². The first-order chi connectivity index (χ1) is 8.80. The molecule has 0 radical (unpaired) electrons. The molecule has 0 bridgehead atoms. The smallest absolute Gasteiger partial charge is 0.161 e. The second-order valence-electron chi connectivity index (χ2n) is 4.75. The highest BCUT2D eigenvalue weighted by Crippen LogP contribution is 2.35. The van der Waals surface area contributed by atoms with Gasteiger partial charge in [-0.2, -0.15) is 0 Å². The molecule has 100 valence electrons. The Morgan fingerprint density at radius 3 is 2.39 bits per heavy atom. The third kappa shape index (κ3) is 2.61. The highest BCUT2D eigenvalue weighted by atomic mass is 16.6. The third-order valence-electron chi connectivity index (χ3n) is 3.76. The van der Waals surface area contributed by atoms with Gasteiger partial charge in [0.25, 0.3) is 0 Å². The van der Waals surface area contributed by atoms with Gasteiger partial charge in [-0.1, -0.05) is 32.8 Å². The standard InChI is InChI=1S/C15H23NO2/c1-4-11(5-2)15(16-3)12-6-7-13-14(10-12)18-9-8-17-13/h6-7,10-11,15-16H,4-5,8-9H2,1-3H3. The minimum atomic E-state index is 0.385. The Labute approximate surface area is 109 Å². The van der Waals surface area contributed by atoms with Crippen LogP contribution in [0.4, 0.5) is 0 Å². The average Bonchev–Trinajstić information content (AvgIpc) is 2.44. The molecule has 0 aromatic heterocycles. The normalized spacial score (nSPS) is 15.8. The molecule has 1 aromatic carbocycles. The van der Waals surface area contributed by atoms with Crippen molar-refractivity contribution in [1.82, 2.24) is 5.32 Å². The predicted octanol–water partition coefficient (Wildman–Crippen LogP) is 3.15. The maximum absolute atomic E-state index is 5.65. The van der Waals surface area contributed by atoms with Gasteiger partial charge in [0.1, 0.15) is 13.2 Å². The van der Waals surface area contributed by atoms with Crippen molar-refractivity contribution in [3.8, 4) is 11.5 Å². The van der Waals surface area contributed by atoms with Crippen molar-refractivity contribution in [2.24, 2.45) is 5.92 Å². The SMILES string of the molecule is CCC(CC)C(NC)c1ccc2c(c1)OCCO2. The lowest BCUT2D eigenvalue weighted by atomic mass is 9.89. The highest BCUT2D eigenvalue weighted by molar-refractivity contribution is 5.44. The summed E-state index contributed by atoms with van der Waals surface area (Å²) in [6.45, 7) is 5.78.